The third-order valence-electron chi connectivity index (χ3n) is 6.14. The summed E-state index contributed by atoms with van der Waals surface area (Å²) in [5, 5.41) is 12.4. The van der Waals surface area contributed by atoms with E-state index >= 15 is 0 Å². The smallest absolute Gasteiger partial charge is 0.409 e. The fourth-order valence-corrected chi connectivity index (χ4v) is 4.83. The van der Waals surface area contributed by atoms with Crippen LogP contribution in [0, 0.1) is 5.92 Å². The molecule has 1 aliphatic carbocycles. The third kappa shape index (κ3) is 3.97. The van der Waals surface area contributed by atoms with Crippen LogP contribution in [0.1, 0.15) is 50.2 Å². The molecule has 33 heavy (non-hydrogen) atoms. The molecule has 8 nitrogen and oxygen atoms in total. The van der Waals surface area contributed by atoms with Gasteiger partial charge in [-0.25, -0.2) is 14.5 Å². The first kappa shape index (κ1) is 22.5. The Morgan fingerprint density at radius 1 is 1.03 bits per heavy atom. The quantitative estimate of drug-likeness (QED) is 0.625. The molecular formula is C25H26N2O6. The number of benzene rings is 2. The Labute approximate surface area is 191 Å². The molecule has 1 fully saturated rings. The second kappa shape index (κ2) is 8.69. The zero-order valence-electron chi connectivity index (χ0n) is 18.5. The maximum atomic E-state index is 12.8. The van der Waals surface area contributed by atoms with Crippen LogP contribution < -0.4 is 5.32 Å². The van der Waals surface area contributed by atoms with Gasteiger partial charge in [-0.1, -0.05) is 62.4 Å². The minimum Gasteiger partial charge on any atom is -0.478 e. The van der Waals surface area contributed by atoms with Gasteiger partial charge in [0.1, 0.15) is 6.61 Å². The van der Waals surface area contributed by atoms with Crippen molar-refractivity contribution in [2.24, 2.45) is 5.92 Å². The first-order chi connectivity index (χ1) is 15.7. The summed E-state index contributed by atoms with van der Waals surface area (Å²) in [5.74, 6) is -3.16. The molecule has 0 radical (unpaired) electrons. The Bertz CT molecular complexity index is 1070. The van der Waals surface area contributed by atoms with Crippen molar-refractivity contribution < 1.29 is 29.0 Å². The number of nitrogens with one attached hydrogen (secondary N) is 1. The van der Waals surface area contributed by atoms with Gasteiger partial charge < -0.3 is 9.84 Å². The van der Waals surface area contributed by atoms with Crippen LogP contribution in [0.5, 0.6) is 0 Å². The molecular weight excluding hydrogens is 424 g/mol. The van der Waals surface area contributed by atoms with Gasteiger partial charge in [0.05, 0.1) is 0 Å². The fraction of sp³-hybridized carbons (Fsp3) is 0.360. The Morgan fingerprint density at radius 3 is 2.03 bits per heavy atom. The van der Waals surface area contributed by atoms with Gasteiger partial charge in [0.15, 0.2) is 0 Å². The number of carbonyl (C=O) groups excluding carboxylic acids is 3. The lowest BCUT2D eigenvalue weighted by molar-refractivity contribution is -0.166. The van der Waals surface area contributed by atoms with Crippen molar-refractivity contribution >= 4 is 23.9 Å². The predicted molar refractivity (Wildman–Crippen MR) is 119 cm³/mol. The molecule has 0 unspecified atom stereocenters. The van der Waals surface area contributed by atoms with E-state index in [0.717, 1.165) is 22.3 Å². The van der Waals surface area contributed by atoms with Crippen molar-refractivity contribution in [1.82, 2.24) is 10.2 Å². The van der Waals surface area contributed by atoms with E-state index in [9.17, 15) is 24.3 Å². The minimum absolute atomic E-state index is 0.0148. The summed E-state index contributed by atoms with van der Waals surface area (Å²) < 4.78 is 5.49. The summed E-state index contributed by atoms with van der Waals surface area (Å²) in [4.78, 5) is 50.6. The van der Waals surface area contributed by atoms with Gasteiger partial charge in [0.2, 0.25) is 17.5 Å². The second-order valence-electron chi connectivity index (χ2n) is 8.84. The maximum Gasteiger partial charge on any atom is 0.409 e. The predicted octanol–water partition coefficient (Wildman–Crippen LogP) is 3.50. The monoisotopic (exact) mass is 450 g/mol. The zero-order valence-corrected chi connectivity index (χ0v) is 18.5. The third-order valence-corrected chi connectivity index (χ3v) is 6.14. The van der Waals surface area contributed by atoms with Crippen LogP contribution in [0.3, 0.4) is 0 Å². The number of amides is 3. The van der Waals surface area contributed by atoms with Crippen LogP contribution >= 0.6 is 0 Å². The Kier molecular flexibility index (Phi) is 5.93. The minimum atomic E-state index is -2.19. The average Bonchev–Trinajstić information content (AvgIpc) is 3.28. The molecule has 1 saturated heterocycles. The lowest BCUT2D eigenvalue weighted by Crippen LogP contribution is -2.67. The Balaban J connectivity index is 1.57. The standard InChI is InChI=1S/C25H26N2O6/c1-15(2)13-25(23(30)31,27-21(28)11-12-22(27)29)26-24(32)33-14-20-18-9-5-3-7-16(18)17-8-4-6-10-19(17)20/h3-10,15,20H,11-14H2,1-2H3,(H,26,32)(H,30,31)/t25-/m1/s1. The summed E-state index contributed by atoms with van der Waals surface area (Å²) in [7, 11) is 0. The molecule has 0 spiro atoms. The van der Waals surface area contributed by atoms with Crippen molar-refractivity contribution in [3.63, 3.8) is 0 Å². The van der Waals surface area contributed by atoms with Gasteiger partial charge in [-0.2, -0.15) is 0 Å². The van der Waals surface area contributed by atoms with Crippen LogP contribution in [0.25, 0.3) is 11.1 Å². The highest BCUT2D eigenvalue weighted by Gasteiger charge is 2.54. The van der Waals surface area contributed by atoms with Crippen LogP contribution in [0.4, 0.5) is 4.79 Å². The van der Waals surface area contributed by atoms with Gasteiger partial charge in [-0.15, -0.1) is 0 Å². The van der Waals surface area contributed by atoms with E-state index < -0.39 is 29.5 Å². The molecule has 1 atom stereocenters. The molecule has 2 aromatic carbocycles. The highest BCUT2D eigenvalue weighted by Crippen LogP contribution is 2.44. The van der Waals surface area contributed by atoms with Gasteiger partial charge in [-0.05, 0) is 28.2 Å². The van der Waals surface area contributed by atoms with Gasteiger partial charge >= 0.3 is 12.1 Å². The van der Waals surface area contributed by atoms with Crippen molar-refractivity contribution in [3.05, 3.63) is 59.7 Å². The number of likely N-dealkylation sites (tertiary alicyclic amines) is 1. The first-order valence-corrected chi connectivity index (χ1v) is 11.0. The molecule has 8 heteroatoms. The molecule has 2 aromatic rings. The number of hydrogen-bond donors (Lipinski definition) is 2. The molecule has 2 aliphatic rings. The maximum absolute atomic E-state index is 12.8. The van der Waals surface area contributed by atoms with E-state index in [2.05, 4.69) is 5.32 Å². The first-order valence-electron chi connectivity index (χ1n) is 11.0. The summed E-state index contributed by atoms with van der Waals surface area (Å²) in [5.41, 5.74) is 1.97. The van der Waals surface area contributed by atoms with E-state index in [4.69, 9.17) is 4.74 Å². The Morgan fingerprint density at radius 2 is 1.55 bits per heavy atom. The largest absolute Gasteiger partial charge is 0.478 e. The van der Waals surface area contributed by atoms with Gasteiger partial charge in [0, 0.05) is 25.2 Å². The van der Waals surface area contributed by atoms with Gasteiger partial charge in [0.25, 0.3) is 0 Å². The topological polar surface area (TPSA) is 113 Å². The number of ether oxygens (including phenoxy) is 1. The second-order valence-corrected chi connectivity index (χ2v) is 8.84. The van der Waals surface area contributed by atoms with Crippen LogP contribution in [0.2, 0.25) is 0 Å². The highest BCUT2D eigenvalue weighted by atomic mass is 16.5. The number of aliphatic carboxylic acids is 1. The molecule has 0 bridgehead atoms. The molecule has 172 valence electrons. The van der Waals surface area contributed by atoms with Crippen LogP contribution in [-0.4, -0.2) is 46.2 Å². The van der Waals surface area contributed by atoms with Gasteiger partial charge in [-0.3, -0.25) is 14.9 Å². The van der Waals surface area contributed by atoms with Crippen molar-refractivity contribution in [1.29, 1.82) is 0 Å². The SMILES string of the molecule is CC(C)C[C@](NC(=O)OCC1c2ccccc2-c2ccccc21)(C(=O)O)N1C(=O)CCC1=O. The molecule has 1 heterocycles. The van der Waals surface area contributed by atoms with Crippen molar-refractivity contribution in [2.75, 3.05) is 6.61 Å². The summed E-state index contributed by atoms with van der Waals surface area (Å²) in [6, 6.07) is 15.7. The van der Waals surface area contributed by atoms with E-state index in [1.807, 2.05) is 48.5 Å². The number of hydrogen-bond acceptors (Lipinski definition) is 5. The normalized spacial score (nSPS) is 17.0. The highest BCUT2D eigenvalue weighted by molar-refractivity contribution is 6.06. The number of imide groups is 1. The van der Waals surface area contributed by atoms with E-state index in [0.29, 0.717) is 4.90 Å². The summed E-state index contributed by atoms with van der Waals surface area (Å²) in [6.45, 7) is 3.49. The number of rotatable bonds is 7. The average molecular weight is 450 g/mol. The Hall–Kier alpha value is -3.68. The molecule has 0 aromatic heterocycles. The molecule has 1 aliphatic heterocycles. The molecule has 3 amide bonds. The molecule has 4 rings (SSSR count). The van der Waals surface area contributed by atoms with E-state index in [-0.39, 0.29) is 37.7 Å². The number of alkyl carbamates (subject to hydrolysis) is 1. The van der Waals surface area contributed by atoms with Crippen molar-refractivity contribution in [2.45, 2.75) is 44.7 Å². The van der Waals surface area contributed by atoms with Crippen LogP contribution in [-0.2, 0) is 19.1 Å². The molecule has 0 saturated carbocycles. The lowest BCUT2D eigenvalue weighted by atomic mass is 9.95. The summed E-state index contributed by atoms with van der Waals surface area (Å²) >= 11 is 0. The van der Waals surface area contributed by atoms with E-state index in [1.165, 1.54) is 0 Å². The lowest BCUT2D eigenvalue weighted by Gasteiger charge is -2.38. The van der Waals surface area contributed by atoms with Crippen molar-refractivity contribution in [3.8, 4) is 11.1 Å². The summed E-state index contributed by atoms with van der Waals surface area (Å²) in [6.07, 6.45) is -1.30. The fourth-order valence-electron chi connectivity index (χ4n) is 4.83. The number of nitrogens with zero attached hydrogens (tertiary/aromatic N) is 1. The number of carbonyl (C=O) groups is 4. The number of carboxylic acids is 1. The zero-order chi connectivity index (χ0) is 23.8. The van der Waals surface area contributed by atoms with Crippen LogP contribution in [0.15, 0.2) is 48.5 Å². The number of carboxylic acid groups (broad SMARTS) is 1. The molecule has 2 N–H and O–H groups in total. The number of fused-ring (bicyclic) bond motifs is 3. The van der Waals surface area contributed by atoms with E-state index in [1.54, 1.807) is 13.8 Å².